The Morgan fingerprint density at radius 3 is 2.54 bits per heavy atom. The molecule has 0 aliphatic carbocycles. The summed E-state index contributed by atoms with van der Waals surface area (Å²) in [6, 6.07) is 16.2. The van der Waals surface area contributed by atoms with Gasteiger partial charge in [0.25, 0.3) is 0 Å². The largest absolute Gasteiger partial charge is 0.465 e. The summed E-state index contributed by atoms with van der Waals surface area (Å²) in [6.45, 7) is 2.50. The first kappa shape index (κ1) is 19.6. The molecule has 7 heteroatoms. The van der Waals surface area contributed by atoms with Gasteiger partial charge in [0.1, 0.15) is 0 Å². The van der Waals surface area contributed by atoms with Gasteiger partial charge < -0.3 is 10.1 Å². The topological polar surface area (TPSA) is 71.5 Å². The Morgan fingerprint density at radius 1 is 1.11 bits per heavy atom. The molecular weight excluding hydrogens is 374 g/mol. The van der Waals surface area contributed by atoms with E-state index < -0.39 is 5.97 Å². The number of thiazole rings is 1. The van der Waals surface area contributed by atoms with E-state index >= 15 is 0 Å². The summed E-state index contributed by atoms with van der Waals surface area (Å²) in [5, 5.41) is 5.35. The van der Waals surface area contributed by atoms with Gasteiger partial charge in [-0.1, -0.05) is 49.4 Å². The Morgan fingerprint density at radius 2 is 1.82 bits per heavy atom. The summed E-state index contributed by atoms with van der Waals surface area (Å²) in [4.78, 5) is 31.1. The summed E-state index contributed by atoms with van der Waals surface area (Å²) in [5.41, 5.74) is 2.53. The van der Waals surface area contributed by atoms with E-state index in [-0.39, 0.29) is 6.03 Å². The highest BCUT2D eigenvalue weighted by molar-refractivity contribution is 7.14. The highest BCUT2D eigenvalue weighted by atomic mass is 32.1. The predicted molar refractivity (Wildman–Crippen MR) is 112 cm³/mol. The number of benzene rings is 2. The molecule has 0 radical (unpaired) electrons. The smallest absolute Gasteiger partial charge is 0.339 e. The monoisotopic (exact) mass is 395 g/mol. The summed E-state index contributed by atoms with van der Waals surface area (Å²) in [6.07, 6.45) is 0.770. The number of nitrogens with one attached hydrogen (secondary N) is 1. The van der Waals surface area contributed by atoms with Crippen LogP contribution >= 0.6 is 11.3 Å². The zero-order valence-corrected chi connectivity index (χ0v) is 16.5. The molecule has 3 rings (SSSR count). The number of hydrogen-bond acceptors (Lipinski definition) is 5. The van der Waals surface area contributed by atoms with Crippen LogP contribution in [0.2, 0.25) is 0 Å². The molecule has 2 aromatic carbocycles. The Bertz CT molecular complexity index is 956. The molecule has 1 N–H and O–H groups in total. The third kappa shape index (κ3) is 4.37. The van der Waals surface area contributed by atoms with Gasteiger partial charge in [0.15, 0.2) is 5.13 Å². The third-order valence-electron chi connectivity index (χ3n) is 4.06. The van der Waals surface area contributed by atoms with Gasteiger partial charge in [-0.05, 0) is 18.6 Å². The van der Waals surface area contributed by atoms with Gasteiger partial charge in [0.05, 0.1) is 24.1 Å². The van der Waals surface area contributed by atoms with Crippen molar-refractivity contribution in [2.24, 2.45) is 0 Å². The predicted octanol–water partition coefficient (Wildman–Crippen LogP) is 5.05. The fourth-order valence-electron chi connectivity index (χ4n) is 2.70. The summed E-state index contributed by atoms with van der Waals surface area (Å²) in [5.74, 6) is -0.501. The summed E-state index contributed by atoms with van der Waals surface area (Å²) < 4.78 is 4.79. The van der Waals surface area contributed by atoms with Crippen molar-refractivity contribution in [2.75, 3.05) is 23.9 Å². The van der Waals surface area contributed by atoms with Gasteiger partial charge in [0.2, 0.25) is 0 Å². The van der Waals surface area contributed by atoms with Crippen molar-refractivity contribution in [3.63, 3.8) is 0 Å². The maximum Gasteiger partial charge on any atom is 0.339 e. The van der Waals surface area contributed by atoms with Crippen LogP contribution in [0.3, 0.4) is 0 Å². The van der Waals surface area contributed by atoms with Crippen molar-refractivity contribution in [1.82, 2.24) is 4.98 Å². The number of hydrogen-bond donors (Lipinski definition) is 1. The van der Waals surface area contributed by atoms with Crippen LogP contribution in [0.4, 0.5) is 15.6 Å². The molecule has 6 nitrogen and oxygen atoms in total. The zero-order chi connectivity index (χ0) is 19.9. The molecule has 1 aromatic heterocycles. The van der Waals surface area contributed by atoms with Crippen LogP contribution in [0.25, 0.3) is 11.3 Å². The maximum absolute atomic E-state index is 12.9. The van der Waals surface area contributed by atoms with Gasteiger partial charge >= 0.3 is 12.0 Å². The minimum atomic E-state index is -0.501. The summed E-state index contributed by atoms with van der Waals surface area (Å²) in [7, 11) is 1.31. The normalized spacial score (nSPS) is 10.4. The van der Waals surface area contributed by atoms with Crippen molar-refractivity contribution in [3.8, 4) is 11.3 Å². The van der Waals surface area contributed by atoms with E-state index in [1.165, 1.54) is 18.4 Å². The van der Waals surface area contributed by atoms with Gasteiger partial charge in [-0.3, -0.25) is 4.90 Å². The van der Waals surface area contributed by atoms with Crippen molar-refractivity contribution >= 4 is 34.2 Å². The molecule has 1 heterocycles. The summed E-state index contributed by atoms with van der Waals surface area (Å²) >= 11 is 1.41. The van der Waals surface area contributed by atoms with Crippen molar-refractivity contribution in [3.05, 3.63) is 65.5 Å². The number of urea groups is 1. The van der Waals surface area contributed by atoms with E-state index in [1.54, 1.807) is 29.2 Å². The lowest BCUT2D eigenvalue weighted by molar-refractivity contribution is 0.0602. The van der Waals surface area contributed by atoms with Crippen LogP contribution in [0.1, 0.15) is 23.7 Å². The molecule has 0 fully saturated rings. The average molecular weight is 395 g/mol. The molecule has 0 atom stereocenters. The Balaban J connectivity index is 1.84. The third-order valence-corrected chi connectivity index (χ3v) is 4.92. The number of anilines is 2. The molecule has 2 amide bonds. The first-order valence-corrected chi connectivity index (χ1v) is 9.78. The number of amides is 2. The number of esters is 1. The van der Waals surface area contributed by atoms with Crippen LogP contribution < -0.4 is 10.2 Å². The molecule has 144 valence electrons. The number of para-hydroxylation sites is 1. The second kappa shape index (κ2) is 9.14. The van der Waals surface area contributed by atoms with Crippen molar-refractivity contribution in [1.29, 1.82) is 0 Å². The van der Waals surface area contributed by atoms with E-state index in [2.05, 4.69) is 10.3 Å². The molecule has 3 aromatic rings. The fraction of sp³-hybridized carbons (Fsp3) is 0.190. The Kier molecular flexibility index (Phi) is 6.39. The minimum absolute atomic E-state index is 0.305. The molecule has 0 saturated heterocycles. The number of rotatable bonds is 6. The molecule has 0 aliphatic rings. The first-order chi connectivity index (χ1) is 13.6. The van der Waals surface area contributed by atoms with Gasteiger partial charge in [-0.15, -0.1) is 11.3 Å². The Hall–Kier alpha value is -3.19. The second-order valence-electron chi connectivity index (χ2n) is 6.00. The number of aromatic nitrogens is 1. The van der Waals surface area contributed by atoms with E-state index in [4.69, 9.17) is 4.74 Å². The van der Waals surface area contributed by atoms with E-state index in [9.17, 15) is 9.59 Å². The van der Waals surface area contributed by atoms with Gasteiger partial charge in [-0.2, -0.15) is 0 Å². The van der Waals surface area contributed by atoms with Crippen LogP contribution in [-0.4, -0.2) is 30.6 Å². The zero-order valence-electron chi connectivity index (χ0n) is 15.7. The molecule has 0 spiro atoms. The lowest BCUT2D eigenvalue weighted by Gasteiger charge is -2.20. The van der Waals surface area contributed by atoms with E-state index in [0.29, 0.717) is 22.9 Å². The van der Waals surface area contributed by atoms with E-state index in [0.717, 1.165) is 17.7 Å². The quantitative estimate of drug-likeness (QED) is 0.593. The second-order valence-corrected chi connectivity index (χ2v) is 6.84. The first-order valence-electron chi connectivity index (χ1n) is 8.90. The molecular formula is C21H21N3O3S. The fourth-order valence-corrected chi connectivity index (χ4v) is 3.56. The maximum atomic E-state index is 12.9. The highest BCUT2D eigenvalue weighted by Gasteiger charge is 2.21. The number of nitrogens with zero attached hydrogens (tertiary/aromatic N) is 2. The Labute approximate surface area is 167 Å². The number of ether oxygens (including phenoxy) is 1. The van der Waals surface area contributed by atoms with Gasteiger partial charge in [0, 0.05) is 17.5 Å². The lowest BCUT2D eigenvalue weighted by Crippen LogP contribution is -2.36. The van der Waals surface area contributed by atoms with E-state index in [1.807, 2.05) is 42.6 Å². The van der Waals surface area contributed by atoms with Crippen molar-refractivity contribution < 1.29 is 14.3 Å². The lowest BCUT2D eigenvalue weighted by atomic mass is 10.2. The van der Waals surface area contributed by atoms with Crippen molar-refractivity contribution in [2.45, 2.75) is 13.3 Å². The standard InChI is InChI=1S/C21H21N3O3S/c1-3-13-24(21-23-18(14-28-21)15-9-5-4-6-10-15)20(26)22-17-12-8-7-11-16(17)19(25)27-2/h4-12,14H,3,13H2,1-2H3,(H,22,26). The average Bonchev–Trinajstić information content (AvgIpc) is 3.22. The highest BCUT2D eigenvalue weighted by Crippen LogP contribution is 2.28. The van der Waals surface area contributed by atoms with Crippen LogP contribution in [0, 0.1) is 0 Å². The SMILES string of the molecule is CCCN(C(=O)Nc1ccccc1C(=O)OC)c1nc(-c2ccccc2)cs1. The minimum Gasteiger partial charge on any atom is -0.465 e. The molecule has 28 heavy (non-hydrogen) atoms. The van der Waals surface area contributed by atoms with Crippen LogP contribution in [-0.2, 0) is 4.74 Å². The number of carbonyl (C=O) groups excluding carboxylic acids is 2. The van der Waals surface area contributed by atoms with Crippen LogP contribution in [0.5, 0.6) is 0 Å². The number of carbonyl (C=O) groups is 2. The molecule has 0 aliphatic heterocycles. The molecule has 0 unspecified atom stereocenters. The molecule has 0 saturated carbocycles. The van der Waals surface area contributed by atoms with Gasteiger partial charge in [-0.25, -0.2) is 14.6 Å². The molecule has 0 bridgehead atoms. The van der Waals surface area contributed by atoms with Crippen LogP contribution in [0.15, 0.2) is 60.0 Å². The number of methoxy groups -OCH3 is 1.